The highest BCUT2D eigenvalue weighted by Gasteiger charge is 2.18. The van der Waals surface area contributed by atoms with E-state index in [-0.39, 0.29) is 0 Å². The fourth-order valence-corrected chi connectivity index (χ4v) is 1.77. The molecule has 1 saturated heterocycles. The Kier molecular flexibility index (Phi) is 2.68. The van der Waals surface area contributed by atoms with E-state index in [1.807, 2.05) is 19.1 Å². The van der Waals surface area contributed by atoms with Crippen LogP contribution in [0.15, 0.2) is 16.5 Å². The number of ketones is 1. The van der Waals surface area contributed by atoms with Crippen LogP contribution in [0, 0.1) is 6.92 Å². The van der Waals surface area contributed by atoms with Gasteiger partial charge in [-0.1, -0.05) is 0 Å². The zero-order chi connectivity index (χ0) is 9.97. The number of nitrogens with zero attached hydrogens (tertiary/aromatic N) is 1. The van der Waals surface area contributed by atoms with E-state index >= 15 is 0 Å². The Balaban J connectivity index is 1.80. The Morgan fingerprint density at radius 3 is 2.93 bits per heavy atom. The van der Waals surface area contributed by atoms with Gasteiger partial charge in [0.05, 0.1) is 6.54 Å². The van der Waals surface area contributed by atoms with Gasteiger partial charge in [-0.05, 0) is 19.1 Å². The maximum Gasteiger partial charge on any atom is 0.148 e. The van der Waals surface area contributed by atoms with Gasteiger partial charge in [0.15, 0.2) is 0 Å². The summed E-state index contributed by atoms with van der Waals surface area (Å²) in [4.78, 5) is 13.2. The highest BCUT2D eigenvalue weighted by atomic mass is 16.3. The number of likely N-dealkylation sites (tertiary alicyclic amines) is 1. The quantitative estimate of drug-likeness (QED) is 0.727. The molecule has 0 radical (unpaired) electrons. The number of rotatable bonds is 3. The molecule has 3 nitrogen and oxygen atoms in total. The molecule has 1 aliphatic rings. The lowest BCUT2D eigenvalue weighted by Crippen LogP contribution is -2.23. The van der Waals surface area contributed by atoms with Gasteiger partial charge >= 0.3 is 0 Å². The highest BCUT2D eigenvalue weighted by Crippen LogP contribution is 2.09. The monoisotopic (exact) mass is 193 g/mol. The Bertz CT molecular complexity index is 330. The normalized spacial score (nSPS) is 17.9. The van der Waals surface area contributed by atoms with Gasteiger partial charge < -0.3 is 4.42 Å². The smallest absolute Gasteiger partial charge is 0.148 e. The lowest BCUT2D eigenvalue weighted by atomic mass is 10.3. The lowest BCUT2D eigenvalue weighted by Gasteiger charge is -2.11. The van der Waals surface area contributed by atoms with Crippen LogP contribution in [0.1, 0.15) is 17.9 Å². The fraction of sp³-hybridized carbons (Fsp3) is 0.545. The zero-order valence-electron chi connectivity index (χ0n) is 8.45. The van der Waals surface area contributed by atoms with Crippen LogP contribution in [0.3, 0.4) is 0 Å². The molecule has 2 heterocycles. The molecule has 0 spiro atoms. The van der Waals surface area contributed by atoms with E-state index in [9.17, 15) is 4.79 Å². The van der Waals surface area contributed by atoms with Gasteiger partial charge in [0.25, 0.3) is 0 Å². The summed E-state index contributed by atoms with van der Waals surface area (Å²) in [7, 11) is 0. The minimum Gasteiger partial charge on any atom is -0.466 e. The van der Waals surface area contributed by atoms with Crippen LogP contribution >= 0.6 is 0 Å². The van der Waals surface area contributed by atoms with Crippen molar-refractivity contribution in [2.24, 2.45) is 0 Å². The first-order valence-corrected chi connectivity index (χ1v) is 5.03. The van der Waals surface area contributed by atoms with Crippen molar-refractivity contribution in [3.63, 3.8) is 0 Å². The van der Waals surface area contributed by atoms with Crippen LogP contribution in [0.25, 0.3) is 0 Å². The third kappa shape index (κ3) is 2.23. The van der Waals surface area contributed by atoms with Crippen LogP contribution < -0.4 is 0 Å². The van der Waals surface area contributed by atoms with Crippen molar-refractivity contribution in [1.29, 1.82) is 0 Å². The molecule has 14 heavy (non-hydrogen) atoms. The maximum atomic E-state index is 11.0. The van der Waals surface area contributed by atoms with Crippen LogP contribution in [0.5, 0.6) is 0 Å². The van der Waals surface area contributed by atoms with Crippen LogP contribution in [0.2, 0.25) is 0 Å². The van der Waals surface area contributed by atoms with E-state index in [1.165, 1.54) is 0 Å². The summed E-state index contributed by atoms with van der Waals surface area (Å²) in [5, 5.41) is 0. The summed E-state index contributed by atoms with van der Waals surface area (Å²) < 4.78 is 5.46. The van der Waals surface area contributed by atoms with Crippen molar-refractivity contribution >= 4 is 5.78 Å². The molecule has 0 bridgehead atoms. The summed E-state index contributed by atoms with van der Waals surface area (Å²) in [5.74, 6) is 2.33. The van der Waals surface area contributed by atoms with E-state index in [4.69, 9.17) is 4.42 Å². The first-order chi connectivity index (χ1) is 6.74. The minimum atomic E-state index is 0.362. The third-order valence-corrected chi connectivity index (χ3v) is 2.58. The SMILES string of the molecule is Cc1ccc(CCN2CCC(=O)C2)o1. The van der Waals surface area contributed by atoms with E-state index in [0.717, 1.165) is 37.5 Å². The van der Waals surface area contributed by atoms with Crippen molar-refractivity contribution in [2.45, 2.75) is 19.8 Å². The molecule has 0 aliphatic carbocycles. The molecule has 76 valence electrons. The number of Topliss-reactive ketones (excluding diaryl/α,β-unsaturated/α-hetero) is 1. The predicted octanol–water partition coefficient (Wildman–Crippen LogP) is 1.41. The second-order valence-corrected chi connectivity index (χ2v) is 3.83. The number of aryl methyl sites for hydroxylation is 1. The number of carbonyl (C=O) groups excluding carboxylic acids is 1. The molecule has 0 amide bonds. The van der Waals surface area contributed by atoms with Crippen molar-refractivity contribution in [1.82, 2.24) is 4.90 Å². The number of hydrogen-bond acceptors (Lipinski definition) is 3. The minimum absolute atomic E-state index is 0.362. The van der Waals surface area contributed by atoms with Crippen molar-refractivity contribution in [2.75, 3.05) is 19.6 Å². The topological polar surface area (TPSA) is 33.5 Å². The average molecular weight is 193 g/mol. The van der Waals surface area contributed by atoms with Crippen molar-refractivity contribution in [3.05, 3.63) is 23.7 Å². The van der Waals surface area contributed by atoms with Crippen molar-refractivity contribution < 1.29 is 9.21 Å². The Morgan fingerprint density at radius 1 is 1.50 bits per heavy atom. The van der Waals surface area contributed by atoms with Crippen LogP contribution in [0.4, 0.5) is 0 Å². The molecular formula is C11H15NO2. The maximum absolute atomic E-state index is 11.0. The molecule has 3 heteroatoms. The fourth-order valence-electron chi connectivity index (χ4n) is 1.77. The molecule has 0 N–H and O–H groups in total. The molecule has 2 rings (SSSR count). The van der Waals surface area contributed by atoms with Gasteiger partial charge in [-0.2, -0.15) is 0 Å². The van der Waals surface area contributed by atoms with Gasteiger partial charge in [0.2, 0.25) is 0 Å². The number of hydrogen-bond donors (Lipinski definition) is 0. The van der Waals surface area contributed by atoms with E-state index < -0.39 is 0 Å². The first kappa shape index (κ1) is 9.46. The van der Waals surface area contributed by atoms with Gasteiger partial charge in [-0.25, -0.2) is 0 Å². The lowest BCUT2D eigenvalue weighted by molar-refractivity contribution is -0.116. The summed E-state index contributed by atoms with van der Waals surface area (Å²) in [6.45, 7) is 4.42. The zero-order valence-corrected chi connectivity index (χ0v) is 8.45. The standard InChI is InChI=1S/C11H15NO2/c1-9-2-3-11(14-9)5-7-12-6-4-10(13)8-12/h2-3H,4-8H2,1H3. The molecule has 1 aromatic rings. The van der Waals surface area contributed by atoms with Gasteiger partial charge in [0.1, 0.15) is 17.3 Å². The summed E-state index contributed by atoms with van der Waals surface area (Å²) in [5.41, 5.74) is 0. The Morgan fingerprint density at radius 2 is 2.36 bits per heavy atom. The third-order valence-electron chi connectivity index (χ3n) is 2.58. The number of carbonyl (C=O) groups is 1. The van der Waals surface area contributed by atoms with Crippen LogP contribution in [-0.4, -0.2) is 30.3 Å². The highest BCUT2D eigenvalue weighted by molar-refractivity contribution is 5.82. The Hall–Kier alpha value is -1.09. The molecule has 1 aromatic heterocycles. The average Bonchev–Trinajstić information content (AvgIpc) is 2.72. The Labute approximate surface area is 83.7 Å². The first-order valence-electron chi connectivity index (χ1n) is 5.03. The molecule has 0 saturated carbocycles. The van der Waals surface area contributed by atoms with E-state index in [2.05, 4.69) is 4.90 Å². The predicted molar refractivity (Wildman–Crippen MR) is 53.2 cm³/mol. The number of furan rings is 1. The molecular weight excluding hydrogens is 178 g/mol. The van der Waals surface area contributed by atoms with Crippen molar-refractivity contribution in [3.8, 4) is 0 Å². The molecule has 0 unspecified atom stereocenters. The molecule has 0 aromatic carbocycles. The second kappa shape index (κ2) is 3.96. The van der Waals surface area contributed by atoms with Gasteiger partial charge in [0, 0.05) is 25.9 Å². The summed E-state index contributed by atoms with van der Waals surface area (Å²) in [6.07, 6.45) is 1.62. The van der Waals surface area contributed by atoms with Crippen LogP contribution in [-0.2, 0) is 11.2 Å². The summed E-state index contributed by atoms with van der Waals surface area (Å²) in [6, 6.07) is 3.98. The second-order valence-electron chi connectivity index (χ2n) is 3.83. The largest absolute Gasteiger partial charge is 0.466 e. The molecule has 1 fully saturated rings. The van der Waals surface area contributed by atoms with Gasteiger partial charge in [-0.3, -0.25) is 9.69 Å². The van der Waals surface area contributed by atoms with Gasteiger partial charge in [-0.15, -0.1) is 0 Å². The summed E-state index contributed by atoms with van der Waals surface area (Å²) >= 11 is 0. The molecule has 1 aliphatic heterocycles. The van der Waals surface area contributed by atoms with E-state index in [1.54, 1.807) is 0 Å². The molecule has 0 atom stereocenters. The van der Waals surface area contributed by atoms with E-state index in [0.29, 0.717) is 12.3 Å².